The molecule has 1 amide bonds. The van der Waals surface area contributed by atoms with Gasteiger partial charge in [0.25, 0.3) is 5.91 Å². The van der Waals surface area contributed by atoms with Gasteiger partial charge in [-0.2, -0.15) is 0 Å². The van der Waals surface area contributed by atoms with Crippen molar-refractivity contribution in [1.82, 2.24) is 10.3 Å². The third-order valence-corrected chi connectivity index (χ3v) is 4.93. The first kappa shape index (κ1) is 22.2. The van der Waals surface area contributed by atoms with Crippen molar-refractivity contribution in [3.8, 4) is 11.6 Å². The summed E-state index contributed by atoms with van der Waals surface area (Å²) in [6.07, 6.45) is 5.86. The number of nitrogens with one attached hydrogen (secondary N) is 2. The van der Waals surface area contributed by atoms with Crippen molar-refractivity contribution < 1.29 is 24.2 Å². The summed E-state index contributed by atoms with van der Waals surface area (Å²) in [6.45, 7) is 1.91. The van der Waals surface area contributed by atoms with Crippen molar-refractivity contribution in [2.45, 2.75) is 38.4 Å². The lowest BCUT2D eigenvalue weighted by molar-refractivity contribution is -0.153. The van der Waals surface area contributed by atoms with Gasteiger partial charge in [0.15, 0.2) is 6.10 Å². The molecule has 0 saturated carbocycles. The van der Waals surface area contributed by atoms with E-state index in [-0.39, 0.29) is 17.9 Å². The highest BCUT2D eigenvalue weighted by Crippen LogP contribution is 2.24. The van der Waals surface area contributed by atoms with Crippen molar-refractivity contribution in [2.75, 3.05) is 6.54 Å². The molecule has 1 aliphatic carbocycles. The van der Waals surface area contributed by atoms with Crippen LogP contribution in [0.4, 0.5) is 0 Å². The van der Waals surface area contributed by atoms with E-state index in [0.29, 0.717) is 36.3 Å². The second-order valence-electron chi connectivity index (χ2n) is 7.23. The highest BCUT2D eigenvalue weighted by atomic mass is 16.5. The molecule has 1 aromatic heterocycles. The second-order valence-corrected chi connectivity index (χ2v) is 7.23. The van der Waals surface area contributed by atoms with Gasteiger partial charge in [0.1, 0.15) is 11.3 Å². The average Bonchev–Trinajstić information content (AvgIpc) is 2.78. The second kappa shape index (κ2) is 10.5. The average molecular weight is 423 g/mol. The summed E-state index contributed by atoms with van der Waals surface area (Å²) in [7, 11) is 0. The van der Waals surface area contributed by atoms with Crippen LogP contribution in [0.15, 0.2) is 54.2 Å². The highest BCUT2D eigenvalue weighted by Gasteiger charge is 2.21. The number of carbonyl (C=O) groups excluding carboxylic acids is 1. The zero-order valence-electron chi connectivity index (χ0n) is 17.2. The minimum Gasteiger partial charge on any atom is -0.479 e. The van der Waals surface area contributed by atoms with E-state index >= 15 is 0 Å². The molecule has 8 heteroatoms. The number of carboxylic acids is 1. The van der Waals surface area contributed by atoms with Crippen LogP contribution >= 0.6 is 0 Å². The van der Waals surface area contributed by atoms with Crippen molar-refractivity contribution in [1.29, 1.82) is 5.41 Å². The SMILES string of the molecule is CC(OC1CC=C(CNC(=O)c2cccnc2Oc2cccc(C=N)c2)CC1)C(=O)O. The normalized spacial score (nSPS) is 16.7. The number of aliphatic carboxylic acids is 1. The molecule has 31 heavy (non-hydrogen) atoms. The van der Waals surface area contributed by atoms with Gasteiger partial charge < -0.3 is 25.3 Å². The van der Waals surface area contributed by atoms with Crippen LogP contribution < -0.4 is 10.1 Å². The summed E-state index contributed by atoms with van der Waals surface area (Å²) in [5, 5.41) is 19.2. The lowest BCUT2D eigenvalue weighted by Gasteiger charge is -2.24. The Morgan fingerprint density at radius 3 is 2.90 bits per heavy atom. The first-order valence-corrected chi connectivity index (χ1v) is 10.0. The number of benzene rings is 1. The Morgan fingerprint density at radius 2 is 2.19 bits per heavy atom. The number of rotatable bonds is 9. The van der Waals surface area contributed by atoms with Crippen LogP contribution in [-0.2, 0) is 9.53 Å². The van der Waals surface area contributed by atoms with E-state index in [1.165, 1.54) is 13.1 Å². The van der Waals surface area contributed by atoms with Gasteiger partial charge in [0.05, 0.1) is 6.10 Å². The third kappa shape index (κ3) is 6.23. The van der Waals surface area contributed by atoms with Gasteiger partial charge in [-0.15, -0.1) is 0 Å². The molecule has 0 bridgehead atoms. The minimum absolute atomic E-state index is 0.124. The van der Waals surface area contributed by atoms with E-state index in [2.05, 4.69) is 10.3 Å². The molecule has 0 aliphatic heterocycles. The number of hydrogen-bond acceptors (Lipinski definition) is 6. The summed E-state index contributed by atoms with van der Waals surface area (Å²) < 4.78 is 11.3. The van der Waals surface area contributed by atoms with Gasteiger partial charge in [-0.05, 0) is 56.0 Å². The standard InChI is InChI=1S/C23H25N3O5/c1-15(23(28)29)30-18-9-7-16(8-10-18)14-26-21(27)20-6-3-11-25-22(20)31-19-5-2-4-17(12-19)13-24/h2-7,11-13,15,18,24H,8-10,14H2,1H3,(H,26,27)(H,28,29). The number of aromatic nitrogens is 1. The first-order chi connectivity index (χ1) is 15.0. The van der Waals surface area contributed by atoms with Crippen molar-refractivity contribution in [3.05, 3.63) is 65.4 Å². The van der Waals surface area contributed by atoms with Crippen molar-refractivity contribution in [2.24, 2.45) is 0 Å². The Bertz CT molecular complexity index is 989. The zero-order chi connectivity index (χ0) is 22.2. The van der Waals surface area contributed by atoms with E-state index < -0.39 is 12.1 Å². The van der Waals surface area contributed by atoms with Gasteiger partial charge in [0.2, 0.25) is 5.88 Å². The lowest BCUT2D eigenvalue weighted by atomic mass is 9.97. The molecular weight excluding hydrogens is 398 g/mol. The summed E-state index contributed by atoms with van der Waals surface area (Å²) in [5.74, 6) is -0.590. The maximum Gasteiger partial charge on any atom is 0.332 e. The summed E-state index contributed by atoms with van der Waals surface area (Å²) >= 11 is 0. The maximum absolute atomic E-state index is 12.7. The fourth-order valence-corrected chi connectivity index (χ4v) is 3.21. The number of carbonyl (C=O) groups is 2. The van der Waals surface area contributed by atoms with Gasteiger partial charge in [-0.25, -0.2) is 9.78 Å². The van der Waals surface area contributed by atoms with Gasteiger partial charge in [-0.3, -0.25) is 4.79 Å². The number of hydrogen-bond donors (Lipinski definition) is 3. The molecule has 0 fully saturated rings. The minimum atomic E-state index is -0.971. The van der Waals surface area contributed by atoms with Crippen LogP contribution in [-0.4, -0.2) is 46.9 Å². The summed E-state index contributed by atoms with van der Waals surface area (Å²) in [5.41, 5.74) is 2.07. The highest BCUT2D eigenvalue weighted by molar-refractivity contribution is 5.96. The number of pyridine rings is 1. The number of nitrogens with zero attached hydrogens (tertiary/aromatic N) is 1. The van der Waals surface area contributed by atoms with E-state index in [4.69, 9.17) is 20.0 Å². The van der Waals surface area contributed by atoms with E-state index in [1.54, 1.807) is 42.6 Å². The van der Waals surface area contributed by atoms with Gasteiger partial charge >= 0.3 is 5.97 Å². The number of amides is 1. The van der Waals surface area contributed by atoms with E-state index in [9.17, 15) is 9.59 Å². The van der Waals surface area contributed by atoms with Crippen LogP contribution in [0.1, 0.15) is 42.1 Å². The smallest absolute Gasteiger partial charge is 0.332 e. The first-order valence-electron chi connectivity index (χ1n) is 10.0. The zero-order valence-corrected chi connectivity index (χ0v) is 17.2. The van der Waals surface area contributed by atoms with Gasteiger partial charge in [-0.1, -0.05) is 23.8 Å². The Balaban J connectivity index is 1.58. The van der Waals surface area contributed by atoms with Crippen LogP contribution in [0.25, 0.3) is 0 Å². The Labute approximate surface area is 180 Å². The molecule has 1 aromatic carbocycles. The monoisotopic (exact) mass is 423 g/mol. The Kier molecular flexibility index (Phi) is 7.50. The molecule has 0 saturated heterocycles. The molecule has 1 heterocycles. The Morgan fingerprint density at radius 1 is 1.35 bits per heavy atom. The molecule has 0 spiro atoms. The van der Waals surface area contributed by atoms with Crippen LogP contribution in [0.3, 0.4) is 0 Å². The van der Waals surface area contributed by atoms with Crippen LogP contribution in [0.2, 0.25) is 0 Å². The largest absolute Gasteiger partial charge is 0.479 e. The Hall–Kier alpha value is -3.52. The maximum atomic E-state index is 12.7. The fourth-order valence-electron chi connectivity index (χ4n) is 3.21. The summed E-state index contributed by atoms with van der Waals surface area (Å²) in [6, 6.07) is 10.3. The van der Waals surface area contributed by atoms with Crippen LogP contribution in [0.5, 0.6) is 11.6 Å². The van der Waals surface area contributed by atoms with E-state index in [0.717, 1.165) is 12.0 Å². The van der Waals surface area contributed by atoms with Crippen molar-refractivity contribution in [3.63, 3.8) is 0 Å². The topological polar surface area (TPSA) is 122 Å². The lowest BCUT2D eigenvalue weighted by Crippen LogP contribution is -2.30. The predicted octanol–water partition coefficient (Wildman–Crippen LogP) is 3.57. The van der Waals surface area contributed by atoms with Crippen LogP contribution in [0, 0.1) is 5.41 Å². The fraction of sp³-hybridized carbons (Fsp3) is 0.304. The molecule has 3 rings (SSSR count). The number of carboxylic acid groups (broad SMARTS) is 1. The molecule has 8 nitrogen and oxygen atoms in total. The molecule has 162 valence electrons. The predicted molar refractivity (Wildman–Crippen MR) is 115 cm³/mol. The molecule has 1 aliphatic rings. The van der Waals surface area contributed by atoms with Crippen molar-refractivity contribution >= 4 is 18.1 Å². The molecule has 3 N–H and O–H groups in total. The molecule has 2 aromatic rings. The molecule has 2 unspecified atom stereocenters. The third-order valence-electron chi connectivity index (χ3n) is 4.93. The molecule has 0 radical (unpaired) electrons. The van der Waals surface area contributed by atoms with E-state index in [1.807, 2.05) is 6.08 Å². The molecule has 2 atom stereocenters. The number of ether oxygens (including phenoxy) is 2. The quantitative estimate of drug-likeness (QED) is 0.419. The molecular formula is C23H25N3O5. The van der Waals surface area contributed by atoms with Gasteiger partial charge in [0, 0.05) is 19.0 Å². The summed E-state index contributed by atoms with van der Waals surface area (Å²) in [4.78, 5) is 27.8.